The second-order valence-electron chi connectivity index (χ2n) is 5.74. The van der Waals surface area contributed by atoms with Crippen LogP contribution in [0.5, 0.6) is 0 Å². The van der Waals surface area contributed by atoms with Crippen LogP contribution in [0, 0.1) is 6.92 Å². The van der Waals surface area contributed by atoms with Crippen LogP contribution < -0.4 is 10.6 Å². The number of aromatic nitrogens is 1. The minimum atomic E-state index is -0.310. The first-order valence-corrected chi connectivity index (χ1v) is 9.09. The van der Waals surface area contributed by atoms with Crippen molar-refractivity contribution in [3.8, 4) is 11.3 Å². The maximum absolute atomic E-state index is 12.3. The van der Waals surface area contributed by atoms with Gasteiger partial charge in [-0.3, -0.25) is 4.79 Å². The monoisotopic (exact) mass is 401 g/mol. The third-order valence-corrected chi connectivity index (χ3v) is 5.19. The van der Waals surface area contributed by atoms with Gasteiger partial charge in [-0.25, -0.2) is 4.98 Å². The molecule has 0 spiro atoms. The Morgan fingerprint density at radius 3 is 2.84 bits per heavy atom. The van der Waals surface area contributed by atoms with Gasteiger partial charge in [0.2, 0.25) is 5.91 Å². The van der Waals surface area contributed by atoms with Crippen molar-refractivity contribution in [2.75, 3.05) is 13.2 Å². The molecule has 1 aliphatic rings. The molecule has 2 atom stereocenters. The van der Waals surface area contributed by atoms with Crippen molar-refractivity contribution >= 4 is 41.3 Å². The largest absolute Gasteiger partial charge is 0.375 e. The number of ether oxygens (including phenoxy) is 1. The van der Waals surface area contributed by atoms with E-state index >= 15 is 0 Å². The van der Waals surface area contributed by atoms with Gasteiger partial charge in [-0.1, -0.05) is 23.7 Å². The highest BCUT2D eigenvalue weighted by Gasteiger charge is 2.28. The number of aryl methyl sites for hydroxylation is 1. The normalized spacial score (nSPS) is 20.0. The van der Waals surface area contributed by atoms with E-state index in [9.17, 15) is 4.79 Å². The van der Waals surface area contributed by atoms with Crippen LogP contribution in [0.2, 0.25) is 5.02 Å². The molecule has 1 fully saturated rings. The van der Waals surface area contributed by atoms with Crippen LogP contribution in [0.15, 0.2) is 24.3 Å². The topological polar surface area (TPSA) is 63.2 Å². The quantitative estimate of drug-likeness (QED) is 0.825. The molecule has 1 amide bonds. The fourth-order valence-electron chi connectivity index (χ4n) is 2.70. The van der Waals surface area contributed by atoms with Gasteiger partial charge in [-0.15, -0.1) is 23.7 Å². The number of carbonyl (C=O) groups excluding carboxylic acids is 1. The number of nitrogens with zero attached hydrogens (tertiary/aromatic N) is 1. The molecule has 0 saturated carbocycles. The van der Waals surface area contributed by atoms with Gasteiger partial charge in [0.15, 0.2) is 0 Å². The smallest absolute Gasteiger partial charge is 0.240 e. The van der Waals surface area contributed by atoms with E-state index in [0.29, 0.717) is 24.7 Å². The van der Waals surface area contributed by atoms with Gasteiger partial charge in [0.1, 0.15) is 11.0 Å². The third-order valence-electron chi connectivity index (χ3n) is 3.97. The number of amides is 1. The van der Waals surface area contributed by atoms with Gasteiger partial charge >= 0.3 is 0 Å². The van der Waals surface area contributed by atoms with Crippen LogP contribution in [-0.2, 0) is 16.1 Å². The molecule has 2 heterocycles. The van der Waals surface area contributed by atoms with Gasteiger partial charge in [-0.05, 0) is 26.0 Å². The predicted octanol–water partition coefficient (Wildman–Crippen LogP) is 3.19. The summed E-state index contributed by atoms with van der Waals surface area (Å²) in [7, 11) is 0. The van der Waals surface area contributed by atoms with Crippen molar-refractivity contribution in [3.05, 3.63) is 39.2 Å². The van der Waals surface area contributed by atoms with Crippen molar-refractivity contribution in [1.29, 1.82) is 0 Å². The van der Waals surface area contributed by atoms with Crippen LogP contribution in [0.4, 0.5) is 0 Å². The Kier molecular flexibility index (Phi) is 7.22. The number of nitrogens with one attached hydrogen (secondary N) is 2. The molecule has 1 aromatic heterocycles. The van der Waals surface area contributed by atoms with Crippen LogP contribution in [-0.4, -0.2) is 36.2 Å². The molecular formula is C17H21Cl2N3O2S. The molecule has 1 saturated heterocycles. The van der Waals surface area contributed by atoms with E-state index in [1.54, 1.807) is 11.3 Å². The minimum absolute atomic E-state index is 0. The number of halogens is 2. The molecule has 0 aliphatic carbocycles. The van der Waals surface area contributed by atoms with Crippen LogP contribution >= 0.6 is 35.3 Å². The number of hydrogen-bond donors (Lipinski definition) is 2. The second kappa shape index (κ2) is 8.96. The molecule has 8 heteroatoms. The zero-order chi connectivity index (χ0) is 17.1. The van der Waals surface area contributed by atoms with Crippen LogP contribution in [0.25, 0.3) is 11.3 Å². The summed E-state index contributed by atoms with van der Waals surface area (Å²) in [6.45, 7) is 5.69. The van der Waals surface area contributed by atoms with Crippen molar-refractivity contribution in [3.63, 3.8) is 0 Å². The van der Waals surface area contributed by atoms with E-state index in [4.69, 9.17) is 16.3 Å². The summed E-state index contributed by atoms with van der Waals surface area (Å²) in [5.41, 5.74) is 1.97. The molecule has 0 radical (unpaired) electrons. The van der Waals surface area contributed by atoms with E-state index < -0.39 is 0 Å². The maximum atomic E-state index is 12.3. The molecule has 136 valence electrons. The van der Waals surface area contributed by atoms with Gasteiger partial charge in [-0.2, -0.15) is 0 Å². The number of hydrogen-bond acceptors (Lipinski definition) is 5. The molecule has 0 bridgehead atoms. The first-order valence-electron chi connectivity index (χ1n) is 7.89. The Hall–Kier alpha value is -1.18. The predicted molar refractivity (Wildman–Crippen MR) is 104 cm³/mol. The Balaban J connectivity index is 0.00000225. The summed E-state index contributed by atoms with van der Waals surface area (Å²) in [5, 5.41) is 7.72. The van der Waals surface area contributed by atoms with Gasteiger partial charge in [0.05, 0.1) is 24.9 Å². The molecule has 2 N–H and O–H groups in total. The number of benzene rings is 1. The fourth-order valence-corrected chi connectivity index (χ4v) is 3.72. The van der Waals surface area contributed by atoms with Crippen molar-refractivity contribution in [2.45, 2.75) is 32.5 Å². The Morgan fingerprint density at radius 1 is 1.44 bits per heavy atom. The molecule has 0 unspecified atom stereocenters. The van der Waals surface area contributed by atoms with Crippen molar-refractivity contribution in [1.82, 2.24) is 15.6 Å². The van der Waals surface area contributed by atoms with Crippen molar-refractivity contribution in [2.24, 2.45) is 0 Å². The first-order chi connectivity index (χ1) is 11.5. The summed E-state index contributed by atoms with van der Waals surface area (Å²) in [6, 6.07) is 7.31. The Bertz CT molecular complexity index is 721. The van der Waals surface area contributed by atoms with E-state index in [2.05, 4.69) is 15.6 Å². The van der Waals surface area contributed by atoms with Gasteiger partial charge < -0.3 is 15.4 Å². The maximum Gasteiger partial charge on any atom is 0.240 e. The molecule has 25 heavy (non-hydrogen) atoms. The minimum Gasteiger partial charge on any atom is -0.375 e. The van der Waals surface area contributed by atoms with E-state index in [0.717, 1.165) is 21.1 Å². The molecule has 1 aromatic carbocycles. The average molecular weight is 402 g/mol. The Labute approximate surface area is 162 Å². The molecule has 1 aliphatic heterocycles. The van der Waals surface area contributed by atoms with E-state index in [1.165, 1.54) is 0 Å². The summed E-state index contributed by atoms with van der Waals surface area (Å²) >= 11 is 7.53. The number of morpholine rings is 1. The molecule has 5 nitrogen and oxygen atoms in total. The van der Waals surface area contributed by atoms with Crippen molar-refractivity contribution < 1.29 is 9.53 Å². The SMILES string of the molecule is Cc1sc(CNC(=O)[C@H]2NCCO[C@@H]2C)nc1-c1ccc(Cl)cc1.Cl. The van der Waals surface area contributed by atoms with Crippen LogP contribution in [0.1, 0.15) is 16.8 Å². The number of carbonyl (C=O) groups is 1. The summed E-state index contributed by atoms with van der Waals surface area (Å²) < 4.78 is 5.51. The number of rotatable bonds is 4. The summed E-state index contributed by atoms with van der Waals surface area (Å²) in [5.74, 6) is -0.0527. The lowest BCUT2D eigenvalue weighted by Crippen LogP contribution is -2.55. The highest BCUT2D eigenvalue weighted by Crippen LogP contribution is 2.28. The fraction of sp³-hybridized carbons (Fsp3) is 0.412. The second-order valence-corrected chi connectivity index (χ2v) is 7.47. The average Bonchev–Trinajstić information content (AvgIpc) is 2.95. The zero-order valence-corrected chi connectivity index (χ0v) is 16.4. The van der Waals surface area contributed by atoms with E-state index in [1.807, 2.05) is 38.1 Å². The third kappa shape index (κ3) is 4.92. The summed E-state index contributed by atoms with van der Waals surface area (Å²) in [6.07, 6.45) is -0.124. The highest BCUT2D eigenvalue weighted by molar-refractivity contribution is 7.12. The highest BCUT2D eigenvalue weighted by atomic mass is 35.5. The molecule has 2 aromatic rings. The van der Waals surface area contributed by atoms with Gasteiger partial charge in [0.25, 0.3) is 0 Å². The first kappa shape index (κ1) is 20.1. The zero-order valence-electron chi connectivity index (χ0n) is 14.0. The number of thiazole rings is 1. The molecule has 3 rings (SSSR count). The Morgan fingerprint density at radius 2 is 2.16 bits per heavy atom. The lowest BCUT2D eigenvalue weighted by atomic mass is 10.1. The van der Waals surface area contributed by atoms with Gasteiger partial charge in [0, 0.05) is 22.0 Å². The molecular weight excluding hydrogens is 381 g/mol. The van der Waals surface area contributed by atoms with E-state index in [-0.39, 0.29) is 30.5 Å². The van der Waals surface area contributed by atoms with Crippen LogP contribution in [0.3, 0.4) is 0 Å². The summed E-state index contributed by atoms with van der Waals surface area (Å²) in [4.78, 5) is 18.1. The standard InChI is InChI=1S/C17H20ClN3O2S.ClH/c1-10-15(19-7-8-23-10)17(22)20-9-14-21-16(11(2)24-14)12-3-5-13(18)6-4-12;/h3-6,10,15,19H,7-9H2,1-2H3,(H,20,22);1H/t10-,15+;/m1./s1. The lowest BCUT2D eigenvalue weighted by Gasteiger charge is -2.29. The lowest BCUT2D eigenvalue weighted by molar-refractivity contribution is -0.129.